The van der Waals surface area contributed by atoms with Crippen molar-refractivity contribution in [1.29, 1.82) is 0 Å². The summed E-state index contributed by atoms with van der Waals surface area (Å²) in [6.45, 7) is 5.32. The zero-order valence-electron chi connectivity index (χ0n) is 14.0. The molecule has 5 heteroatoms. The molecule has 0 fully saturated rings. The molecular formula is C19H21Cl2OSiZr. The van der Waals surface area contributed by atoms with Crippen molar-refractivity contribution in [2.75, 3.05) is 6.61 Å². The van der Waals surface area contributed by atoms with Gasteiger partial charge in [-0.25, -0.2) is 0 Å². The maximum Gasteiger partial charge on any atom is -1.00 e. The third-order valence-electron chi connectivity index (χ3n) is 5.41. The van der Waals surface area contributed by atoms with Crippen LogP contribution < -0.4 is 24.8 Å². The van der Waals surface area contributed by atoms with E-state index in [9.17, 15) is 0 Å². The molecule has 1 aromatic rings. The van der Waals surface area contributed by atoms with E-state index in [1.165, 1.54) is 16.7 Å². The minimum absolute atomic E-state index is 0. The SMILES string of the molecule is C[Si]1(C)C2=C1[CH]([Zr+2])c1cccc(C3=C(CCCO)C=CC3)c12.[Cl-].[Cl-]. The molecule has 1 aromatic carbocycles. The second kappa shape index (κ2) is 7.37. The molecule has 4 rings (SSSR count). The molecular weight excluding hydrogens is 434 g/mol. The second-order valence-electron chi connectivity index (χ2n) is 7.05. The van der Waals surface area contributed by atoms with Crippen LogP contribution in [0.1, 0.15) is 39.6 Å². The molecule has 1 N–H and O–H groups in total. The van der Waals surface area contributed by atoms with Crippen LogP contribution in [0.3, 0.4) is 0 Å². The first-order valence-electron chi connectivity index (χ1n) is 8.16. The average molecular weight is 456 g/mol. The molecule has 0 aromatic heterocycles. The maximum absolute atomic E-state index is 9.14. The summed E-state index contributed by atoms with van der Waals surface area (Å²) in [6.07, 6.45) is 7.49. The van der Waals surface area contributed by atoms with Crippen molar-refractivity contribution < 1.29 is 54.6 Å². The zero-order valence-corrected chi connectivity index (χ0v) is 19.0. The molecule has 1 aliphatic heterocycles. The first-order valence-corrected chi connectivity index (χ1v) is 12.6. The van der Waals surface area contributed by atoms with E-state index in [0.29, 0.717) is 0 Å². The number of hydrogen-bond donors (Lipinski definition) is 1. The van der Waals surface area contributed by atoms with Crippen molar-refractivity contribution in [3.63, 3.8) is 0 Å². The Balaban J connectivity index is 0.00000104. The first kappa shape index (κ1) is 20.4. The molecule has 2 aliphatic carbocycles. The van der Waals surface area contributed by atoms with E-state index in [4.69, 9.17) is 5.11 Å². The molecule has 0 spiro atoms. The summed E-state index contributed by atoms with van der Waals surface area (Å²) in [5, 5.41) is 12.7. The quantitative estimate of drug-likeness (QED) is 0.539. The summed E-state index contributed by atoms with van der Waals surface area (Å²) < 4.78 is 0.731. The van der Waals surface area contributed by atoms with Crippen LogP contribution in [-0.2, 0) is 24.7 Å². The van der Waals surface area contributed by atoms with Crippen molar-refractivity contribution in [3.05, 3.63) is 57.8 Å². The molecule has 24 heavy (non-hydrogen) atoms. The molecule has 1 unspecified atom stereocenters. The number of aliphatic hydroxyl groups excluding tert-OH is 1. The van der Waals surface area contributed by atoms with Crippen LogP contribution in [0, 0.1) is 0 Å². The van der Waals surface area contributed by atoms with Gasteiger partial charge in [0.1, 0.15) is 0 Å². The molecule has 125 valence electrons. The van der Waals surface area contributed by atoms with Crippen molar-refractivity contribution in [2.24, 2.45) is 0 Å². The Labute approximate surface area is 173 Å². The van der Waals surface area contributed by atoms with Crippen LogP contribution in [0.5, 0.6) is 0 Å². The van der Waals surface area contributed by atoms with Gasteiger partial charge in [0.25, 0.3) is 0 Å². The fraction of sp³-hybridized carbons (Fsp3) is 0.368. The number of hydrogen-bond acceptors (Lipinski definition) is 1. The molecule has 0 saturated carbocycles. The van der Waals surface area contributed by atoms with Gasteiger partial charge in [0.05, 0.1) is 0 Å². The van der Waals surface area contributed by atoms with Gasteiger partial charge in [-0.3, -0.25) is 0 Å². The Morgan fingerprint density at radius 2 is 2.00 bits per heavy atom. The summed E-state index contributed by atoms with van der Waals surface area (Å²) >= 11 is 1.65. The van der Waals surface area contributed by atoms with Gasteiger partial charge in [-0.1, -0.05) is 0 Å². The Hall–Kier alpha value is 0.0800. The molecule has 0 radical (unpaired) electrons. The van der Waals surface area contributed by atoms with Crippen LogP contribution in [-0.4, -0.2) is 19.8 Å². The average Bonchev–Trinajstić information content (AvgIpc) is 2.85. The number of benzene rings is 1. The third-order valence-corrected chi connectivity index (χ3v) is 11.0. The minimum Gasteiger partial charge on any atom is -1.00 e. The van der Waals surface area contributed by atoms with E-state index in [2.05, 4.69) is 43.4 Å². The predicted molar refractivity (Wildman–Crippen MR) is 90.6 cm³/mol. The van der Waals surface area contributed by atoms with Gasteiger partial charge in [-0.05, 0) is 0 Å². The Kier molecular flexibility index (Phi) is 6.26. The number of fused-ring (bicyclic) bond motifs is 2. The van der Waals surface area contributed by atoms with Crippen LogP contribution in [0.2, 0.25) is 13.1 Å². The number of rotatable bonds is 4. The van der Waals surface area contributed by atoms with Gasteiger partial charge >= 0.3 is 149 Å². The monoisotopic (exact) mass is 453 g/mol. The fourth-order valence-corrected chi connectivity index (χ4v) is 12.0. The van der Waals surface area contributed by atoms with E-state index < -0.39 is 8.07 Å². The topological polar surface area (TPSA) is 20.2 Å². The molecule has 1 heterocycles. The van der Waals surface area contributed by atoms with Gasteiger partial charge in [-0.2, -0.15) is 0 Å². The van der Waals surface area contributed by atoms with Crippen LogP contribution in [0.25, 0.3) is 10.8 Å². The summed E-state index contributed by atoms with van der Waals surface area (Å²) in [7, 11) is -1.18. The Morgan fingerprint density at radius 1 is 1.25 bits per heavy atom. The van der Waals surface area contributed by atoms with Crippen molar-refractivity contribution in [1.82, 2.24) is 0 Å². The minimum atomic E-state index is -1.18. The third kappa shape index (κ3) is 2.91. The Morgan fingerprint density at radius 3 is 2.71 bits per heavy atom. The van der Waals surface area contributed by atoms with Gasteiger partial charge in [-0.15, -0.1) is 0 Å². The predicted octanol–water partition coefficient (Wildman–Crippen LogP) is -1.66. The number of aliphatic hydroxyl groups is 1. The van der Waals surface area contributed by atoms with E-state index in [1.807, 2.05) is 5.20 Å². The molecule has 1 atom stereocenters. The summed E-state index contributed by atoms with van der Waals surface area (Å²) in [6, 6.07) is 6.94. The normalized spacial score (nSPS) is 22.1. The van der Waals surface area contributed by atoms with Gasteiger partial charge in [0, 0.05) is 0 Å². The van der Waals surface area contributed by atoms with Crippen molar-refractivity contribution >= 4 is 18.8 Å². The summed E-state index contributed by atoms with van der Waals surface area (Å²) in [5.41, 5.74) is 7.64. The zero-order chi connectivity index (χ0) is 15.5. The van der Waals surface area contributed by atoms with Crippen LogP contribution in [0.4, 0.5) is 0 Å². The van der Waals surface area contributed by atoms with Crippen molar-refractivity contribution in [2.45, 2.75) is 36.0 Å². The van der Waals surface area contributed by atoms with Crippen molar-refractivity contribution in [3.8, 4) is 0 Å². The van der Waals surface area contributed by atoms with Gasteiger partial charge in [0.15, 0.2) is 0 Å². The smallest absolute Gasteiger partial charge is 1.00 e. The van der Waals surface area contributed by atoms with Crippen LogP contribution in [0.15, 0.2) is 41.1 Å². The van der Waals surface area contributed by atoms with E-state index in [1.54, 1.807) is 41.0 Å². The molecule has 0 amide bonds. The molecule has 3 aliphatic rings. The maximum atomic E-state index is 9.14. The van der Waals surface area contributed by atoms with Crippen LogP contribution >= 0.6 is 0 Å². The Bertz CT molecular complexity index is 765. The van der Waals surface area contributed by atoms with Gasteiger partial charge < -0.3 is 24.8 Å². The van der Waals surface area contributed by atoms with E-state index >= 15 is 0 Å². The molecule has 0 bridgehead atoms. The summed E-state index contributed by atoms with van der Waals surface area (Å²) in [5.74, 6) is 0. The largest absolute Gasteiger partial charge is 1.00 e. The molecule has 1 nitrogen and oxygen atoms in total. The van der Waals surface area contributed by atoms with E-state index in [-0.39, 0.29) is 31.4 Å². The van der Waals surface area contributed by atoms with E-state index in [0.717, 1.165) is 22.9 Å². The first-order chi connectivity index (χ1) is 10.6. The number of allylic oxidation sites excluding steroid dienone is 5. The second-order valence-corrected chi connectivity index (χ2v) is 12.8. The summed E-state index contributed by atoms with van der Waals surface area (Å²) in [4.78, 5) is 0. The standard InChI is InChI=1S/C19H21OSi.2ClH.Zr/c1-21(2)17-12-14-7-4-10-16(18(14)19(17)21)15-9-3-6-13(15)8-5-11-20;;;/h3-4,6-7,10,12,20H,5,8-9,11H2,1-2H3;2*1H;/q;;;+2/p-2. The molecule has 0 saturated heterocycles. The van der Waals surface area contributed by atoms with Gasteiger partial charge in [0.2, 0.25) is 0 Å². The number of halogens is 2. The fourth-order valence-electron chi connectivity index (χ4n) is 4.28.